The first kappa shape index (κ1) is 12.0. The van der Waals surface area contributed by atoms with Crippen LogP contribution in [0.2, 0.25) is 0 Å². The fourth-order valence-electron chi connectivity index (χ4n) is 2.16. The van der Waals surface area contributed by atoms with Gasteiger partial charge in [-0.3, -0.25) is 0 Å². The SMILES string of the molecule is Cc1ccsc1C(CO)NC1CCOC1C. The molecule has 2 N–H and O–H groups in total. The number of nitrogens with one attached hydrogen (secondary N) is 1. The monoisotopic (exact) mass is 241 g/mol. The van der Waals surface area contributed by atoms with Crippen molar-refractivity contribution in [3.8, 4) is 0 Å². The van der Waals surface area contributed by atoms with Gasteiger partial charge in [0.15, 0.2) is 0 Å². The molecule has 1 aromatic rings. The van der Waals surface area contributed by atoms with Crippen LogP contribution in [0, 0.1) is 6.92 Å². The number of rotatable bonds is 4. The van der Waals surface area contributed by atoms with Crippen molar-refractivity contribution in [2.45, 2.75) is 38.5 Å². The summed E-state index contributed by atoms with van der Waals surface area (Å²) in [4.78, 5) is 1.24. The Labute approximate surface area is 100 Å². The van der Waals surface area contributed by atoms with E-state index in [4.69, 9.17) is 4.74 Å². The molecule has 1 fully saturated rings. The van der Waals surface area contributed by atoms with Crippen LogP contribution < -0.4 is 5.32 Å². The first-order chi connectivity index (χ1) is 7.72. The lowest BCUT2D eigenvalue weighted by atomic mass is 10.1. The summed E-state index contributed by atoms with van der Waals surface area (Å²) in [7, 11) is 0. The molecule has 4 heteroatoms. The van der Waals surface area contributed by atoms with E-state index < -0.39 is 0 Å². The Balaban J connectivity index is 2.03. The molecule has 1 aromatic heterocycles. The van der Waals surface area contributed by atoms with Crippen LogP contribution in [0.4, 0.5) is 0 Å². The molecule has 0 saturated carbocycles. The highest BCUT2D eigenvalue weighted by molar-refractivity contribution is 7.10. The van der Waals surface area contributed by atoms with Crippen LogP contribution in [0.3, 0.4) is 0 Å². The summed E-state index contributed by atoms with van der Waals surface area (Å²) in [5, 5.41) is 15.0. The minimum atomic E-state index is 0.0501. The smallest absolute Gasteiger partial charge is 0.0701 e. The number of hydrogen-bond donors (Lipinski definition) is 2. The van der Waals surface area contributed by atoms with Crippen LogP contribution in [0.5, 0.6) is 0 Å². The summed E-state index contributed by atoms with van der Waals surface area (Å²) < 4.78 is 5.52. The molecule has 0 amide bonds. The van der Waals surface area contributed by atoms with Gasteiger partial charge in [-0.15, -0.1) is 11.3 Å². The lowest BCUT2D eigenvalue weighted by Crippen LogP contribution is -2.38. The van der Waals surface area contributed by atoms with Gasteiger partial charge >= 0.3 is 0 Å². The second-order valence-electron chi connectivity index (χ2n) is 4.34. The molecule has 0 spiro atoms. The molecule has 90 valence electrons. The molecule has 0 radical (unpaired) electrons. The van der Waals surface area contributed by atoms with E-state index in [1.54, 1.807) is 11.3 Å². The van der Waals surface area contributed by atoms with Crippen molar-refractivity contribution in [2.75, 3.05) is 13.2 Å². The Kier molecular flexibility index (Phi) is 3.97. The molecular formula is C12H19NO2S. The van der Waals surface area contributed by atoms with Crippen LogP contribution in [0.15, 0.2) is 11.4 Å². The second-order valence-corrected chi connectivity index (χ2v) is 5.29. The molecule has 3 nitrogen and oxygen atoms in total. The van der Waals surface area contributed by atoms with Crippen molar-refractivity contribution in [1.82, 2.24) is 5.32 Å². The van der Waals surface area contributed by atoms with E-state index in [-0.39, 0.29) is 18.8 Å². The van der Waals surface area contributed by atoms with Gasteiger partial charge in [0.05, 0.1) is 18.8 Å². The summed E-state index contributed by atoms with van der Waals surface area (Å²) in [5.41, 5.74) is 1.25. The van der Waals surface area contributed by atoms with E-state index in [2.05, 4.69) is 30.6 Å². The zero-order valence-corrected chi connectivity index (χ0v) is 10.6. The number of aliphatic hydroxyl groups excluding tert-OH is 1. The van der Waals surface area contributed by atoms with E-state index in [1.807, 2.05) is 0 Å². The lowest BCUT2D eigenvalue weighted by molar-refractivity contribution is 0.107. The van der Waals surface area contributed by atoms with E-state index in [1.165, 1.54) is 10.4 Å². The quantitative estimate of drug-likeness (QED) is 0.845. The maximum atomic E-state index is 9.47. The minimum Gasteiger partial charge on any atom is -0.394 e. The number of thiophene rings is 1. The Morgan fingerprint density at radius 1 is 1.69 bits per heavy atom. The van der Waals surface area contributed by atoms with Gasteiger partial charge in [0, 0.05) is 17.5 Å². The molecule has 0 aromatic carbocycles. The van der Waals surface area contributed by atoms with Crippen LogP contribution in [-0.2, 0) is 4.74 Å². The summed E-state index contributed by atoms with van der Waals surface area (Å²) in [6.45, 7) is 5.14. The maximum Gasteiger partial charge on any atom is 0.0701 e. The van der Waals surface area contributed by atoms with Gasteiger partial charge in [0.2, 0.25) is 0 Å². The van der Waals surface area contributed by atoms with Crippen LogP contribution in [0.25, 0.3) is 0 Å². The Morgan fingerprint density at radius 3 is 3.00 bits per heavy atom. The summed E-state index contributed by atoms with van der Waals surface area (Å²) in [5.74, 6) is 0. The molecule has 1 aliphatic rings. The topological polar surface area (TPSA) is 41.5 Å². The first-order valence-corrected chi connectivity index (χ1v) is 6.63. The lowest BCUT2D eigenvalue weighted by Gasteiger charge is -2.23. The Morgan fingerprint density at radius 2 is 2.50 bits per heavy atom. The molecule has 2 rings (SSSR count). The van der Waals surface area contributed by atoms with Crippen molar-refractivity contribution in [3.63, 3.8) is 0 Å². The van der Waals surface area contributed by atoms with Crippen LogP contribution in [0.1, 0.15) is 29.8 Å². The molecule has 1 saturated heterocycles. The van der Waals surface area contributed by atoms with E-state index in [9.17, 15) is 5.11 Å². The third-order valence-corrected chi connectivity index (χ3v) is 4.32. The van der Waals surface area contributed by atoms with Gasteiger partial charge in [0.25, 0.3) is 0 Å². The number of aryl methyl sites for hydroxylation is 1. The van der Waals surface area contributed by atoms with Crippen LogP contribution in [-0.4, -0.2) is 30.5 Å². The fourth-order valence-corrected chi connectivity index (χ4v) is 3.14. The third-order valence-electron chi connectivity index (χ3n) is 3.19. The van der Waals surface area contributed by atoms with Gasteiger partial charge in [-0.1, -0.05) is 0 Å². The standard InChI is InChI=1S/C12H19NO2S/c1-8-4-6-16-12(8)11(7-14)13-10-3-5-15-9(10)2/h4,6,9-11,13-14H,3,5,7H2,1-2H3. The van der Waals surface area contributed by atoms with Gasteiger partial charge in [-0.05, 0) is 37.3 Å². The van der Waals surface area contributed by atoms with Gasteiger partial charge in [-0.25, -0.2) is 0 Å². The summed E-state index contributed by atoms with van der Waals surface area (Å²) in [6, 6.07) is 2.51. The highest BCUT2D eigenvalue weighted by atomic mass is 32.1. The van der Waals surface area contributed by atoms with Crippen molar-refractivity contribution < 1.29 is 9.84 Å². The molecular weight excluding hydrogens is 222 g/mol. The van der Waals surface area contributed by atoms with E-state index in [0.717, 1.165) is 13.0 Å². The summed E-state index contributed by atoms with van der Waals surface area (Å²) >= 11 is 1.70. The average Bonchev–Trinajstić information content (AvgIpc) is 2.85. The molecule has 2 heterocycles. The van der Waals surface area contributed by atoms with Crippen LogP contribution >= 0.6 is 11.3 Å². The highest BCUT2D eigenvalue weighted by Gasteiger charge is 2.27. The Hall–Kier alpha value is -0.420. The molecule has 0 bridgehead atoms. The molecule has 16 heavy (non-hydrogen) atoms. The van der Waals surface area contributed by atoms with Crippen molar-refractivity contribution in [3.05, 3.63) is 21.9 Å². The second kappa shape index (κ2) is 5.27. The molecule has 3 unspecified atom stereocenters. The van der Waals surface area contributed by atoms with Crippen molar-refractivity contribution in [1.29, 1.82) is 0 Å². The van der Waals surface area contributed by atoms with Gasteiger partial charge in [-0.2, -0.15) is 0 Å². The van der Waals surface area contributed by atoms with Gasteiger partial charge in [0.1, 0.15) is 0 Å². The Bertz CT molecular complexity index is 340. The van der Waals surface area contributed by atoms with Gasteiger partial charge < -0.3 is 15.2 Å². The van der Waals surface area contributed by atoms with Crippen molar-refractivity contribution in [2.24, 2.45) is 0 Å². The number of aliphatic hydroxyl groups is 1. The number of ether oxygens (including phenoxy) is 1. The van der Waals surface area contributed by atoms with Crippen molar-refractivity contribution >= 4 is 11.3 Å². The largest absolute Gasteiger partial charge is 0.394 e. The minimum absolute atomic E-state index is 0.0501. The highest BCUT2D eigenvalue weighted by Crippen LogP contribution is 2.25. The van der Waals surface area contributed by atoms with E-state index >= 15 is 0 Å². The molecule has 3 atom stereocenters. The average molecular weight is 241 g/mol. The summed E-state index contributed by atoms with van der Waals surface area (Å²) in [6.07, 6.45) is 1.27. The third kappa shape index (κ3) is 2.46. The zero-order valence-electron chi connectivity index (χ0n) is 9.77. The fraction of sp³-hybridized carbons (Fsp3) is 0.667. The van der Waals surface area contributed by atoms with E-state index in [0.29, 0.717) is 6.04 Å². The normalized spacial score (nSPS) is 27.2. The predicted molar refractivity (Wildman–Crippen MR) is 65.8 cm³/mol. The molecule has 0 aliphatic carbocycles. The predicted octanol–water partition coefficient (Wildman–Crippen LogP) is 1.86. The number of hydrogen-bond acceptors (Lipinski definition) is 4. The maximum absolute atomic E-state index is 9.47. The molecule has 1 aliphatic heterocycles. The zero-order chi connectivity index (χ0) is 11.5. The first-order valence-electron chi connectivity index (χ1n) is 5.75.